The van der Waals surface area contributed by atoms with E-state index in [1.165, 1.54) is 0 Å². The van der Waals surface area contributed by atoms with E-state index in [2.05, 4.69) is 0 Å². The third kappa shape index (κ3) is 2.87. The van der Waals surface area contributed by atoms with E-state index in [4.69, 9.17) is 27.2 Å². The average molecular weight is 216 g/mol. The molecule has 0 radical (unpaired) electrons. The molecule has 0 fully saturated rings. The normalized spacial score (nSPS) is 12.6. The van der Waals surface area contributed by atoms with Crippen LogP contribution in [0, 0.1) is 0 Å². The first-order chi connectivity index (χ1) is 6.67. The number of halogens is 1. The van der Waals surface area contributed by atoms with Crippen molar-refractivity contribution in [3.05, 3.63) is 28.8 Å². The van der Waals surface area contributed by atoms with Crippen LogP contribution < -0.4 is 10.5 Å². The highest BCUT2D eigenvalue weighted by Gasteiger charge is 2.05. The van der Waals surface area contributed by atoms with Crippen LogP contribution in [0.1, 0.15) is 5.56 Å². The van der Waals surface area contributed by atoms with Gasteiger partial charge in [-0.2, -0.15) is 0 Å². The lowest BCUT2D eigenvalue weighted by Crippen LogP contribution is -2.26. The monoisotopic (exact) mass is 215 g/mol. The number of aliphatic hydroxyl groups excluding tert-OH is 1. The molecule has 0 aliphatic carbocycles. The number of hydrogen-bond donors (Lipinski definition) is 2. The molecule has 0 aliphatic heterocycles. The SMILES string of the molecule is COc1cc(CC(N)CO)ccc1Cl. The molecule has 1 rings (SSSR count). The Morgan fingerprint density at radius 2 is 2.29 bits per heavy atom. The van der Waals surface area contributed by atoms with Crippen molar-refractivity contribution in [2.75, 3.05) is 13.7 Å². The van der Waals surface area contributed by atoms with Crippen LogP contribution in [-0.2, 0) is 6.42 Å². The average Bonchev–Trinajstić information content (AvgIpc) is 2.20. The smallest absolute Gasteiger partial charge is 0.137 e. The van der Waals surface area contributed by atoms with E-state index >= 15 is 0 Å². The van der Waals surface area contributed by atoms with Gasteiger partial charge in [0.15, 0.2) is 0 Å². The number of rotatable bonds is 4. The molecule has 78 valence electrons. The lowest BCUT2D eigenvalue weighted by molar-refractivity contribution is 0.265. The molecule has 0 saturated heterocycles. The van der Waals surface area contributed by atoms with Crippen molar-refractivity contribution in [3.8, 4) is 5.75 Å². The first-order valence-electron chi connectivity index (χ1n) is 4.36. The summed E-state index contributed by atoms with van der Waals surface area (Å²) in [5.41, 5.74) is 6.62. The highest BCUT2D eigenvalue weighted by atomic mass is 35.5. The Morgan fingerprint density at radius 1 is 1.57 bits per heavy atom. The van der Waals surface area contributed by atoms with Gasteiger partial charge in [-0.15, -0.1) is 0 Å². The molecule has 0 amide bonds. The van der Waals surface area contributed by atoms with Gasteiger partial charge in [0, 0.05) is 6.04 Å². The Morgan fingerprint density at radius 3 is 2.86 bits per heavy atom. The summed E-state index contributed by atoms with van der Waals surface area (Å²) in [7, 11) is 1.57. The lowest BCUT2D eigenvalue weighted by Gasteiger charge is -2.10. The molecule has 0 aromatic heterocycles. The predicted octanol–water partition coefficient (Wildman–Crippen LogP) is 1.21. The van der Waals surface area contributed by atoms with Gasteiger partial charge >= 0.3 is 0 Å². The van der Waals surface area contributed by atoms with Gasteiger partial charge in [-0.25, -0.2) is 0 Å². The zero-order chi connectivity index (χ0) is 10.6. The van der Waals surface area contributed by atoms with Gasteiger partial charge in [-0.1, -0.05) is 17.7 Å². The highest BCUT2D eigenvalue weighted by Crippen LogP contribution is 2.25. The molecule has 0 saturated carbocycles. The zero-order valence-electron chi connectivity index (χ0n) is 8.03. The van der Waals surface area contributed by atoms with Gasteiger partial charge in [-0.05, 0) is 24.1 Å². The van der Waals surface area contributed by atoms with Crippen molar-refractivity contribution in [1.29, 1.82) is 0 Å². The maximum Gasteiger partial charge on any atom is 0.137 e. The molecule has 1 aromatic carbocycles. The van der Waals surface area contributed by atoms with Crippen molar-refractivity contribution in [3.63, 3.8) is 0 Å². The first kappa shape index (κ1) is 11.3. The minimum atomic E-state index is -0.235. The summed E-state index contributed by atoms with van der Waals surface area (Å²) in [6, 6.07) is 5.23. The number of hydrogen-bond acceptors (Lipinski definition) is 3. The number of ether oxygens (including phenoxy) is 1. The lowest BCUT2D eigenvalue weighted by atomic mass is 10.1. The Balaban J connectivity index is 2.79. The van der Waals surface area contributed by atoms with Crippen LogP contribution in [0.25, 0.3) is 0 Å². The van der Waals surface area contributed by atoms with Crippen LogP contribution in [0.15, 0.2) is 18.2 Å². The molecule has 0 spiro atoms. The molecule has 4 heteroatoms. The van der Waals surface area contributed by atoms with Crippen LogP contribution in [0.5, 0.6) is 5.75 Å². The van der Waals surface area contributed by atoms with Crippen molar-refractivity contribution in [2.24, 2.45) is 5.73 Å². The molecule has 14 heavy (non-hydrogen) atoms. The molecule has 3 nitrogen and oxygen atoms in total. The largest absolute Gasteiger partial charge is 0.495 e. The second-order valence-corrected chi connectivity index (χ2v) is 3.52. The van der Waals surface area contributed by atoms with Gasteiger partial charge in [0.2, 0.25) is 0 Å². The van der Waals surface area contributed by atoms with E-state index < -0.39 is 0 Å². The Hall–Kier alpha value is -0.770. The van der Waals surface area contributed by atoms with Gasteiger partial charge in [-0.3, -0.25) is 0 Å². The summed E-state index contributed by atoms with van der Waals surface area (Å²) < 4.78 is 5.07. The second-order valence-electron chi connectivity index (χ2n) is 3.12. The summed E-state index contributed by atoms with van der Waals surface area (Å²) in [6.45, 7) is -0.0229. The number of benzene rings is 1. The van der Waals surface area contributed by atoms with E-state index in [1.807, 2.05) is 12.1 Å². The molecular weight excluding hydrogens is 202 g/mol. The van der Waals surface area contributed by atoms with Crippen molar-refractivity contribution in [2.45, 2.75) is 12.5 Å². The fourth-order valence-electron chi connectivity index (χ4n) is 1.20. The standard InChI is InChI=1S/C10H14ClNO2/c1-14-10-5-7(2-3-9(10)11)4-8(12)6-13/h2-3,5,8,13H,4,6,12H2,1H3. The number of nitrogens with two attached hydrogens (primary N) is 1. The molecule has 0 aliphatic rings. The topological polar surface area (TPSA) is 55.5 Å². The maximum atomic E-state index is 8.79. The van der Waals surface area contributed by atoms with Crippen LogP contribution in [0.3, 0.4) is 0 Å². The van der Waals surface area contributed by atoms with E-state index in [9.17, 15) is 0 Å². The second kappa shape index (κ2) is 5.20. The molecule has 0 heterocycles. The van der Waals surface area contributed by atoms with Crippen LogP contribution in [0.4, 0.5) is 0 Å². The van der Waals surface area contributed by atoms with Gasteiger partial charge in [0.25, 0.3) is 0 Å². The minimum Gasteiger partial charge on any atom is -0.495 e. The van der Waals surface area contributed by atoms with Gasteiger partial charge in [0.1, 0.15) is 5.75 Å². The van der Waals surface area contributed by atoms with Gasteiger partial charge in [0.05, 0.1) is 18.7 Å². The first-order valence-corrected chi connectivity index (χ1v) is 4.74. The molecule has 3 N–H and O–H groups in total. The van der Waals surface area contributed by atoms with Crippen molar-refractivity contribution >= 4 is 11.6 Å². The molecule has 0 bridgehead atoms. The van der Waals surface area contributed by atoms with Gasteiger partial charge < -0.3 is 15.6 Å². The molecule has 1 unspecified atom stereocenters. The fraction of sp³-hybridized carbons (Fsp3) is 0.400. The highest BCUT2D eigenvalue weighted by molar-refractivity contribution is 6.32. The fourth-order valence-corrected chi connectivity index (χ4v) is 1.39. The third-order valence-electron chi connectivity index (χ3n) is 1.95. The van der Waals surface area contributed by atoms with E-state index in [0.717, 1.165) is 5.56 Å². The number of aliphatic hydroxyl groups is 1. The van der Waals surface area contributed by atoms with Crippen LogP contribution in [-0.4, -0.2) is 24.9 Å². The maximum absolute atomic E-state index is 8.79. The quantitative estimate of drug-likeness (QED) is 0.794. The molecular formula is C10H14ClNO2. The van der Waals surface area contributed by atoms with E-state index in [1.54, 1.807) is 13.2 Å². The third-order valence-corrected chi connectivity index (χ3v) is 2.26. The van der Waals surface area contributed by atoms with E-state index in [-0.39, 0.29) is 12.6 Å². The molecule has 1 aromatic rings. The van der Waals surface area contributed by atoms with Crippen molar-refractivity contribution in [1.82, 2.24) is 0 Å². The summed E-state index contributed by atoms with van der Waals surface area (Å²) in [5.74, 6) is 0.634. The van der Waals surface area contributed by atoms with E-state index in [0.29, 0.717) is 17.2 Å². The van der Waals surface area contributed by atoms with Crippen LogP contribution >= 0.6 is 11.6 Å². The molecule has 1 atom stereocenters. The summed E-state index contributed by atoms with van der Waals surface area (Å²) in [5, 5.41) is 9.37. The van der Waals surface area contributed by atoms with Crippen LogP contribution in [0.2, 0.25) is 5.02 Å². The van der Waals surface area contributed by atoms with Crippen molar-refractivity contribution < 1.29 is 9.84 Å². The predicted molar refractivity (Wildman–Crippen MR) is 56.8 cm³/mol. The minimum absolute atomic E-state index is 0.0229. The summed E-state index contributed by atoms with van der Waals surface area (Å²) in [4.78, 5) is 0. The summed E-state index contributed by atoms with van der Waals surface area (Å²) in [6.07, 6.45) is 0.615. The number of methoxy groups -OCH3 is 1. The Kier molecular flexibility index (Phi) is 4.20. The zero-order valence-corrected chi connectivity index (χ0v) is 8.79. The summed E-state index contributed by atoms with van der Waals surface area (Å²) >= 11 is 5.86. The Labute approximate surface area is 88.4 Å². The Bertz CT molecular complexity index is 304.